The van der Waals surface area contributed by atoms with E-state index in [0.29, 0.717) is 0 Å². The summed E-state index contributed by atoms with van der Waals surface area (Å²) in [6.07, 6.45) is 0. The molecule has 1 aromatic carbocycles. The number of carbonyl (C=O) groups excluding carboxylic acids is 1. The van der Waals surface area contributed by atoms with Crippen LogP contribution in [0.25, 0.3) is 10.2 Å². The first-order chi connectivity index (χ1) is 7.19. The Balaban J connectivity index is 2.41. The Morgan fingerprint density at radius 2 is 2.40 bits per heavy atom. The Morgan fingerprint density at radius 1 is 1.60 bits per heavy atom. The first kappa shape index (κ1) is 10.4. The van der Waals surface area contributed by atoms with E-state index in [0.717, 1.165) is 32.2 Å². The lowest BCUT2D eigenvalue weighted by Crippen LogP contribution is -2.05. The van der Waals surface area contributed by atoms with Crippen LogP contribution in [0.5, 0.6) is 0 Å². The van der Waals surface area contributed by atoms with Gasteiger partial charge in [-0.05, 0) is 30.1 Å². The molecule has 15 heavy (non-hydrogen) atoms. The van der Waals surface area contributed by atoms with Crippen LogP contribution in [0.15, 0.2) is 22.5 Å². The maximum atomic E-state index is 10.9. The van der Waals surface area contributed by atoms with Gasteiger partial charge in [0.25, 0.3) is 0 Å². The van der Waals surface area contributed by atoms with Gasteiger partial charge >= 0.3 is 0 Å². The van der Waals surface area contributed by atoms with E-state index in [9.17, 15) is 4.79 Å². The molecule has 3 N–H and O–H groups in total. The van der Waals surface area contributed by atoms with Crippen molar-refractivity contribution in [2.45, 2.75) is 11.3 Å². The molecule has 0 aliphatic heterocycles. The molecule has 0 saturated heterocycles. The van der Waals surface area contributed by atoms with Gasteiger partial charge in [0.15, 0.2) is 4.34 Å². The molecule has 2 rings (SSSR count). The second-order valence-electron chi connectivity index (χ2n) is 2.96. The molecule has 4 nitrogen and oxygen atoms in total. The number of fused-ring (bicyclic) bond motifs is 1. The SMILES string of the molecule is CC(=O)Nc1ccc2nc(SN)sc2c1. The van der Waals surface area contributed by atoms with Crippen molar-refractivity contribution in [3.05, 3.63) is 18.2 Å². The third kappa shape index (κ3) is 2.28. The molecule has 0 aliphatic rings. The minimum Gasteiger partial charge on any atom is -0.326 e. The van der Waals surface area contributed by atoms with Crippen molar-refractivity contribution in [2.24, 2.45) is 5.14 Å². The highest BCUT2D eigenvalue weighted by atomic mass is 32.2. The maximum Gasteiger partial charge on any atom is 0.221 e. The number of nitrogens with zero attached hydrogens (tertiary/aromatic N) is 1. The van der Waals surface area contributed by atoms with Crippen molar-refractivity contribution in [2.75, 3.05) is 5.32 Å². The number of nitrogens with one attached hydrogen (secondary N) is 1. The van der Waals surface area contributed by atoms with Gasteiger partial charge in [0, 0.05) is 12.6 Å². The van der Waals surface area contributed by atoms with Crippen molar-refractivity contribution < 1.29 is 4.79 Å². The molecule has 0 spiro atoms. The van der Waals surface area contributed by atoms with Gasteiger partial charge in [0.1, 0.15) is 0 Å². The number of carbonyl (C=O) groups is 1. The molecule has 1 amide bonds. The average molecular weight is 239 g/mol. The molecule has 1 aromatic heterocycles. The van der Waals surface area contributed by atoms with Crippen molar-refractivity contribution in [3.8, 4) is 0 Å². The van der Waals surface area contributed by atoms with E-state index < -0.39 is 0 Å². The molecule has 0 unspecified atom stereocenters. The summed E-state index contributed by atoms with van der Waals surface area (Å²) in [4.78, 5) is 15.2. The fourth-order valence-corrected chi connectivity index (χ4v) is 2.58. The van der Waals surface area contributed by atoms with Gasteiger partial charge in [-0.25, -0.2) is 4.98 Å². The van der Waals surface area contributed by atoms with Crippen molar-refractivity contribution in [1.82, 2.24) is 4.98 Å². The third-order valence-electron chi connectivity index (χ3n) is 1.79. The Labute approximate surface area is 95.0 Å². The topological polar surface area (TPSA) is 68.0 Å². The number of benzene rings is 1. The predicted octanol–water partition coefficient (Wildman–Crippen LogP) is 2.22. The van der Waals surface area contributed by atoms with Crippen molar-refractivity contribution in [1.29, 1.82) is 0 Å². The Kier molecular flexibility index (Phi) is 2.90. The minimum atomic E-state index is -0.0766. The molecule has 2 aromatic rings. The van der Waals surface area contributed by atoms with Crippen LogP contribution >= 0.6 is 23.3 Å². The van der Waals surface area contributed by atoms with E-state index in [1.165, 1.54) is 18.3 Å². The summed E-state index contributed by atoms with van der Waals surface area (Å²) in [5, 5.41) is 8.15. The second kappa shape index (κ2) is 4.18. The molecular weight excluding hydrogens is 230 g/mol. The molecule has 0 radical (unpaired) electrons. The summed E-state index contributed by atoms with van der Waals surface area (Å²) in [5.41, 5.74) is 1.69. The maximum absolute atomic E-state index is 10.9. The van der Waals surface area contributed by atoms with Crippen LogP contribution in [-0.4, -0.2) is 10.9 Å². The number of hydrogen-bond donors (Lipinski definition) is 2. The van der Waals surface area contributed by atoms with Gasteiger partial charge in [-0.2, -0.15) is 0 Å². The smallest absolute Gasteiger partial charge is 0.221 e. The van der Waals surface area contributed by atoms with Crippen molar-refractivity contribution in [3.63, 3.8) is 0 Å². The predicted molar refractivity (Wildman–Crippen MR) is 64.0 cm³/mol. The molecule has 0 aliphatic carbocycles. The van der Waals surface area contributed by atoms with Gasteiger partial charge in [-0.15, -0.1) is 11.3 Å². The fraction of sp³-hybridized carbons (Fsp3) is 0.111. The van der Waals surface area contributed by atoms with E-state index in [4.69, 9.17) is 5.14 Å². The van der Waals surface area contributed by atoms with Crippen LogP contribution in [-0.2, 0) is 4.79 Å². The average Bonchev–Trinajstić information content (AvgIpc) is 2.58. The highest BCUT2D eigenvalue weighted by molar-refractivity contribution is 7.99. The number of anilines is 1. The number of amides is 1. The summed E-state index contributed by atoms with van der Waals surface area (Å²) in [7, 11) is 0. The van der Waals surface area contributed by atoms with Crippen LogP contribution < -0.4 is 10.5 Å². The van der Waals surface area contributed by atoms with E-state index in [-0.39, 0.29) is 5.91 Å². The highest BCUT2D eigenvalue weighted by Gasteiger charge is 2.04. The number of hydrogen-bond acceptors (Lipinski definition) is 5. The van der Waals surface area contributed by atoms with Crippen LogP contribution in [0.1, 0.15) is 6.92 Å². The zero-order valence-electron chi connectivity index (χ0n) is 7.98. The van der Waals surface area contributed by atoms with E-state index in [1.54, 1.807) is 0 Å². The molecule has 0 saturated carbocycles. The molecule has 78 valence electrons. The highest BCUT2D eigenvalue weighted by Crippen LogP contribution is 2.28. The van der Waals surface area contributed by atoms with E-state index >= 15 is 0 Å². The second-order valence-corrected chi connectivity index (χ2v) is 4.87. The van der Waals surface area contributed by atoms with Gasteiger partial charge < -0.3 is 5.32 Å². The quantitative estimate of drug-likeness (QED) is 0.788. The number of thiazole rings is 1. The molecule has 0 bridgehead atoms. The first-order valence-corrected chi connectivity index (χ1v) is 5.93. The monoisotopic (exact) mass is 239 g/mol. The lowest BCUT2D eigenvalue weighted by Gasteiger charge is -1.99. The number of nitrogens with two attached hydrogens (primary N) is 1. The van der Waals surface area contributed by atoms with Crippen LogP contribution in [0.2, 0.25) is 0 Å². The molecule has 0 fully saturated rings. The van der Waals surface area contributed by atoms with E-state index in [1.807, 2.05) is 18.2 Å². The number of aromatic nitrogens is 1. The van der Waals surface area contributed by atoms with Gasteiger partial charge in [-0.3, -0.25) is 9.93 Å². The normalized spacial score (nSPS) is 10.5. The molecular formula is C9H9N3OS2. The summed E-state index contributed by atoms with van der Waals surface area (Å²) < 4.78 is 1.85. The lowest BCUT2D eigenvalue weighted by molar-refractivity contribution is -0.114. The number of rotatable bonds is 2. The Bertz CT molecular complexity index is 509. The van der Waals surface area contributed by atoms with Gasteiger partial charge in [0.2, 0.25) is 5.91 Å². The van der Waals surface area contributed by atoms with Crippen molar-refractivity contribution >= 4 is 45.1 Å². The summed E-state index contributed by atoms with van der Waals surface area (Å²) in [6.45, 7) is 1.48. The molecule has 6 heteroatoms. The standard InChI is InChI=1S/C9H9N3OS2/c1-5(13)11-6-2-3-7-8(4-6)14-9(12-7)15-10/h2-4H,10H2,1H3,(H,11,13). The third-order valence-corrected chi connectivity index (χ3v) is 3.43. The zero-order valence-corrected chi connectivity index (χ0v) is 9.61. The van der Waals surface area contributed by atoms with Gasteiger partial charge in [0.05, 0.1) is 10.2 Å². The minimum absolute atomic E-state index is 0.0766. The fourth-order valence-electron chi connectivity index (χ4n) is 1.23. The Morgan fingerprint density at radius 3 is 3.07 bits per heavy atom. The van der Waals surface area contributed by atoms with Gasteiger partial charge in [-0.1, -0.05) is 0 Å². The summed E-state index contributed by atoms with van der Waals surface area (Å²) in [6, 6.07) is 5.60. The van der Waals surface area contributed by atoms with Crippen LogP contribution in [0.3, 0.4) is 0 Å². The molecule has 0 atom stereocenters. The zero-order chi connectivity index (χ0) is 10.8. The Hall–Kier alpha value is -1.11. The van der Waals surface area contributed by atoms with E-state index in [2.05, 4.69) is 10.3 Å². The van der Waals surface area contributed by atoms with Crippen LogP contribution in [0.4, 0.5) is 5.69 Å². The largest absolute Gasteiger partial charge is 0.326 e. The first-order valence-electron chi connectivity index (χ1n) is 4.24. The molecule has 1 heterocycles. The lowest BCUT2D eigenvalue weighted by atomic mass is 10.3. The summed E-state index contributed by atoms with van der Waals surface area (Å²) >= 11 is 2.65. The summed E-state index contributed by atoms with van der Waals surface area (Å²) in [5.74, 6) is -0.0766. The van der Waals surface area contributed by atoms with Crippen LogP contribution in [0, 0.1) is 0 Å².